The second kappa shape index (κ2) is 7.61. The van der Waals surface area contributed by atoms with Crippen LogP contribution in [0.1, 0.15) is 22.3 Å². The van der Waals surface area contributed by atoms with Crippen LogP contribution in [0.2, 0.25) is 0 Å². The van der Waals surface area contributed by atoms with E-state index in [1.807, 2.05) is 23.5 Å². The Morgan fingerprint density at radius 2 is 1.08 bits per heavy atom. The van der Waals surface area contributed by atoms with Gasteiger partial charge in [-0.25, -0.2) is 0 Å². The summed E-state index contributed by atoms with van der Waals surface area (Å²) in [5.74, 6) is 2.40. The summed E-state index contributed by atoms with van der Waals surface area (Å²) in [5.41, 5.74) is 5.75. The van der Waals surface area contributed by atoms with Gasteiger partial charge in [0, 0.05) is 11.5 Å². The summed E-state index contributed by atoms with van der Waals surface area (Å²) in [7, 11) is 0. The van der Waals surface area contributed by atoms with E-state index in [0.717, 1.165) is 0 Å². The fraction of sp³-hybridized carbons (Fsp3) is 0.400. The van der Waals surface area contributed by atoms with Gasteiger partial charge in [-0.3, -0.25) is 0 Å². The Morgan fingerprint density at radius 1 is 0.708 bits per heavy atom. The summed E-state index contributed by atoms with van der Waals surface area (Å²) in [6.07, 6.45) is 4.57. The van der Waals surface area contributed by atoms with Crippen molar-refractivity contribution in [3.8, 4) is 0 Å². The average Bonchev–Trinajstić information content (AvgIpc) is 2.62. The van der Waals surface area contributed by atoms with E-state index in [4.69, 9.17) is 0 Å². The van der Waals surface area contributed by atoms with E-state index in [1.54, 1.807) is 0 Å². The Labute approximate surface area is 163 Å². The molecular weight excluding hydrogens is 368 g/mol. The molecule has 128 valence electrons. The molecule has 2 aromatic rings. The quantitative estimate of drug-likeness (QED) is 0.581. The summed E-state index contributed by atoms with van der Waals surface area (Å²) in [5, 5.41) is 0. The van der Waals surface area contributed by atoms with Crippen molar-refractivity contribution in [2.75, 3.05) is 24.0 Å². The fourth-order valence-corrected chi connectivity index (χ4v) is 11.0. The van der Waals surface area contributed by atoms with E-state index in [1.165, 1.54) is 33.8 Å². The molecule has 0 spiro atoms. The second-order valence-electron chi connectivity index (χ2n) is 5.97. The van der Waals surface area contributed by atoms with Crippen molar-refractivity contribution in [1.29, 1.82) is 0 Å². The van der Waals surface area contributed by atoms with Crippen LogP contribution in [0.3, 0.4) is 0 Å². The Bertz CT molecular complexity index is 653. The van der Waals surface area contributed by atoms with Gasteiger partial charge >= 0.3 is 0 Å². The molecule has 0 bridgehead atoms. The van der Waals surface area contributed by atoms with Crippen molar-refractivity contribution in [2.24, 2.45) is 0 Å². The number of aryl methyl sites for hydroxylation is 2. The van der Waals surface area contributed by atoms with Crippen LogP contribution in [0, 0.1) is 13.8 Å². The first-order valence-electron chi connectivity index (χ1n) is 8.12. The minimum absolute atomic E-state index is 0.0206. The molecule has 1 aliphatic heterocycles. The summed E-state index contributed by atoms with van der Waals surface area (Å²) >= 11 is 8.30. The standard InChI is InChI=1S/C20H24S4/c1-15-9-5-7-11-17(15)19(21-3)20(22-4,24-14-13-23-19)18-12-8-6-10-16(18)2/h5-12H,13-14H2,1-4H3/t19-,20+. The predicted molar refractivity (Wildman–Crippen MR) is 118 cm³/mol. The molecule has 2 aromatic carbocycles. The zero-order valence-corrected chi connectivity index (χ0v) is 17.9. The third-order valence-corrected chi connectivity index (χ3v) is 12.1. The van der Waals surface area contributed by atoms with E-state index in [9.17, 15) is 0 Å². The maximum atomic E-state index is 2.34. The van der Waals surface area contributed by atoms with E-state index in [2.05, 4.69) is 98.4 Å². The Morgan fingerprint density at radius 3 is 1.42 bits per heavy atom. The molecule has 1 saturated heterocycles. The average molecular weight is 393 g/mol. The lowest BCUT2D eigenvalue weighted by molar-refractivity contribution is 0.767. The first kappa shape index (κ1) is 18.6. The Hall–Kier alpha value is -0.160. The predicted octanol–water partition coefficient (Wildman–Crippen LogP) is 6.52. The number of hydrogen-bond acceptors (Lipinski definition) is 4. The van der Waals surface area contributed by atoms with Gasteiger partial charge in [-0.2, -0.15) is 0 Å². The summed E-state index contributed by atoms with van der Waals surface area (Å²) in [4.78, 5) is 0. The zero-order chi connectivity index (χ0) is 17.2. The molecule has 0 aromatic heterocycles. The molecule has 0 aliphatic carbocycles. The smallest absolute Gasteiger partial charge is 0.114 e. The van der Waals surface area contributed by atoms with Crippen molar-refractivity contribution < 1.29 is 0 Å². The first-order valence-corrected chi connectivity index (χ1v) is 12.5. The highest BCUT2D eigenvalue weighted by molar-refractivity contribution is 8.25. The van der Waals surface area contributed by atoms with Gasteiger partial charge in [0.1, 0.15) is 8.16 Å². The monoisotopic (exact) mass is 392 g/mol. The molecule has 0 unspecified atom stereocenters. The number of rotatable bonds is 4. The highest BCUT2D eigenvalue weighted by Gasteiger charge is 2.56. The molecule has 0 N–H and O–H groups in total. The number of hydrogen-bond donors (Lipinski definition) is 0. The van der Waals surface area contributed by atoms with Crippen molar-refractivity contribution in [2.45, 2.75) is 22.0 Å². The lowest BCUT2D eigenvalue weighted by Crippen LogP contribution is -2.43. The van der Waals surface area contributed by atoms with E-state index in [0.29, 0.717) is 0 Å². The van der Waals surface area contributed by atoms with Crippen molar-refractivity contribution >= 4 is 47.0 Å². The van der Waals surface area contributed by atoms with Gasteiger partial charge in [-0.05, 0) is 48.6 Å². The maximum absolute atomic E-state index is 2.34. The summed E-state index contributed by atoms with van der Waals surface area (Å²) in [6, 6.07) is 17.9. The molecule has 0 amide bonds. The lowest BCUT2D eigenvalue weighted by Gasteiger charge is -2.52. The van der Waals surface area contributed by atoms with Gasteiger partial charge in [0.05, 0.1) is 0 Å². The van der Waals surface area contributed by atoms with Crippen molar-refractivity contribution in [3.05, 3.63) is 70.8 Å². The Kier molecular flexibility index (Phi) is 5.90. The summed E-state index contributed by atoms with van der Waals surface area (Å²) in [6.45, 7) is 4.52. The largest absolute Gasteiger partial charge is 0.140 e. The highest BCUT2D eigenvalue weighted by atomic mass is 32.2. The van der Waals surface area contributed by atoms with Crippen LogP contribution >= 0.6 is 47.0 Å². The molecule has 0 saturated carbocycles. The van der Waals surface area contributed by atoms with E-state index < -0.39 is 0 Å². The summed E-state index contributed by atoms with van der Waals surface area (Å²) < 4.78 is 0.0413. The van der Waals surface area contributed by atoms with E-state index in [-0.39, 0.29) is 8.16 Å². The minimum Gasteiger partial charge on any atom is -0.140 e. The van der Waals surface area contributed by atoms with Crippen molar-refractivity contribution in [1.82, 2.24) is 0 Å². The number of benzene rings is 2. The molecule has 24 heavy (non-hydrogen) atoms. The van der Waals surface area contributed by atoms with Crippen molar-refractivity contribution in [3.63, 3.8) is 0 Å². The van der Waals surface area contributed by atoms with E-state index >= 15 is 0 Å². The number of thioether (sulfide) groups is 4. The van der Waals surface area contributed by atoms with Gasteiger partial charge < -0.3 is 0 Å². The molecule has 2 atom stereocenters. The molecule has 4 heteroatoms. The third-order valence-electron chi connectivity index (χ3n) is 4.70. The fourth-order valence-electron chi connectivity index (χ4n) is 3.56. The van der Waals surface area contributed by atoms with Gasteiger partial charge in [0.15, 0.2) is 0 Å². The van der Waals surface area contributed by atoms with Gasteiger partial charge in [0.25, 0.3) is 0 Å². The van der Waals surface area contributed by atoms with Crippen LogP contribution in [-0.2, 0) is 8.16 Å². The zero-order valence-electron chi connectivity index (χ0n) is 14.7. The van der Waals surface area contributed by atoms with Crippen LogP contribution in [-0.4, -0.2) is 24.0 Å². The van der Waals surface area contributed by atoms with Gasteiger partial charge in [-0.1, -0.05) is 48.5 Å². The van der Waals surface area contributed by atoms with Crippen LogP contribution < -0.4 is 0 Å². The van der Waals surface area contributed by atoms with Crippen LogP contribution in [0.5, 0.6) is 0 Å². The van der Waals surface area contributed by atoms with Crippen LogP contribution in [0.4, 0.5) is 0 Å². The third kappa shape index (κ3) is 2.84. The normalized spacial score (nSPS) is 27.2. The maximum Gasteiger partial charge on any atom is 0.114 e. The molecule has 0 nitrogen and oxygen atoms in total. The SMILES string of the molecule is CS[C@@]1(c2ccccc2C)SCCS[C@]1(SC)c1ccccc1C. The molecule has 0 radical (unpaired) electrons. The second-order valence-corrected chi connectivity index (χ2v) is 11.1. The topological polar surface area (TPSA) is 0 Å². The van der Waals surface area contributed by atoms with Crippen LogP contribution in [0.15, 0.2) is 48.5 Å². The molecule has 3 rings (SSSR count). The minimum atomic E-state index is 0.0206. The highest BCUT2D eigenvalue weighted by Crippen LogP contribution is 2.70. The first-order chi connectivity index (χ1) is 11.6. The molecular formula is C20H24S4. The molecule has 1 aliphatic rings. The van der Waals surface area contributed by atoms with Crippen LogP contribution in [0.25, 0.3) is 0 Å². The van der Waals surface area contributed by atoms with Gasteiger partial charge in [0.2, 0.25) is 0 Å². The Balaban J connectivity index is 2.29. The molecule has 1 heterocycles. The van der Waals surface area contributed by atoms with Gasteiger partial charge in [-0.15, -0.1) is 47.0 Å². The lowest BCUT2D eigenvalue weighted by atomic mass is 9.95. The molecule has 1 fully saturated rings.